The van der Waals surface area contributed by atoms with E-state index in [1.165, 1.54) is 6.07 Å². The molecule has 0 amide bonds. The Bertz CT molecular complexity index is 894. The second kappa shape index (κ2) is 5.01. The molecule has 0 N–H and O–H groups in total. The minimum atomic E-state index is -0.461. The van der Waals surface area contributed by atoms with Crippen LogP contribution in [0.15, 0.2) is 49.9 Å². The molecule has 3 aromatic rings. The minimum absolute atomic E-state index is 0.305. The van der Waals surface area contributed by atoms with Gasteiger partial charge in [0.15, 0.2) is 11.2 Å². The molecule has 0 aliphatic heterocycles. The Hall–Kier alpha value is -2.69. The van der Waals surface area contributed by atoms with Crippen molar-refractivity contribution in [3.63, 3.8) is 0 Å². The molecule has 5 heteroatoms. The summed E-state index contributed by atoms with van der Waals surface area (Å²) in [4.78, 5) is 11.5. The summed E-state index contributed by atoms with van der Waals surface area (Å²) in [5.41, 5.74) is 1.29. The second-order valence-electron chi connectivity index (χ2n) is 4.84. The normalized spacial score (nSPS) is 10.8. The molecular weight excluding hydrogens is 272 g/mol. The van der Waals surface area contributed by atoms with E-state index < -0.39 is 5.63 Å². The molecular formula is C16H14O5. The van der Waals surface area contributed by atoms with E-state index in [0.717, 1.165) is 11.0 Å². The van der Waals surface area contributed by atoms with Gasteiger partial charge in [0.1, 0.15) is 5.75 Å². The van der Waals surface area contributed by atoms with Crippen molar-refractivity contribution >= 4 is 21.9 Å². The van der Waals surface area contributed by atoms with Crippen molar-refractivity contribution in [3.05, 3.63) is 46.7 Å². The monoisotopic (exact) mass is 286 g/mol. The topological polar surface area (TPSA) is 61.8 Å². The number of benzene rings is 1. The van der Waals surface area contributed by atoms with E-state index in [1.54, 1.807) is 31.8 Å². The van der Waals surface area contributed by atoms with Crippen LogP contribution in [0, 0.1) is 0 Å². The largest absolute Gasteiger partial charge is 0.495 e. The highest BCUT2D eigenvalue weighted by atomic mass is 16.5. The van der Waals surface area contributed by atoms with Crippen LogP contribution in [0.3, 0.4) is 0 Å². The molecule has 21 heavy (non-hydrogen) atoms. The molecule has 0 atom stereocenters. The number of ether oxygens (including phenoxy) is 2. The molecule has 0 saturated heterocycles. The molecule has 0 aliphatic rings. The van der Waals surface area contributed by atoms with Gasteiger partial charge < -0.3 is 18.3 Å². The fourth-order valence-corrected chi connectivity index (χ4v) is 2.18. The van der Waals surface area contributed by atoms with Gasteiger partial charge in [-0.15, -0.1) is 0 Å². The van der Waals surface area contributed by atoms with Gasteiger partial charge in [-0.25, -0.2) is 4.79 Å². The Kier molecular flexibility index (Phi) is 3.17. The lowest BCUT2D eigenvalue weighted by atomic mass is 10.1. The number of fused-ring (bicyclic) bond motifs is 2. The summed E-state index contributed by atoms with van der Waals surface area (Å²) in [5.74, 6) is 0.951. The first-order chi connectivity index (χ1) is 10.1. The third-order valence-corrected chi connectivity index (χ3v) is 3.02. The molecule has 3 rings (SSSR count). The van der Waals surface area contributed by atoms with E-state index in [2.05, 4.69) is 0 Å². The fourth-order valence-electron chi connectivity index (χ4n) is 2.18. The summed E-state index contributed by atoms with van der Waals surface area (Å²) in [6, 6.07) is 4.79. The predicted octanol–water partition coefficient (Wildman–Crippen LogP) is 3.85. The molecule has 0 saturated carbocycles. The Morgan fingerprint density at radius 2 is 1.86 bits per heavy atom. The molecule has 2 aromatic heterocycles. The second-order valence-corrected chi connectivity index (χ2v) is 4.84. The van der Waals surface area contributed by atoms with Crippen molar-refractivity contribution in [1.29, 1.82) is 0 Å². The smallest absolute Gasteiger partial charge is 0.336 e. The number of allylic oxidation sites excluding steroid dienone is 1. The van der Waals surface area contributed by atoms with Crippen LogP contribution in [0.4, 0.5) is 0 Å². The number of hydrogen-bond donors (Lipinski definition) is 0. The van der Waals surface area contributed by atoms with Crippen LogP contribution < -0.4 is 15.1 Å². The van der Waals surface area contributed by atoms with Crippen molar-refractivity contribution < 1.29 is 18.3 Å². The van der Waals surface area contributed by atoms with Gasteiger partial charge >= 0.3 is 5.63 Å². The van der Waals surface area contributed by atoms with E-state index in [0.29, 0.717) is 28.1 Å². The van der Waals surface area contributed by atoms with Crippen LogP contribution >= 0.6 is 0 Å². The van der Waals surface area contributed by atoms with Gasteiger partial charge in [-0.05, 0) is 31.6 Å². The SMILES string of the molecule is COc1c2ccoc2c(OC=C(C)C)c2oc(=O)ccc12. The Balaban J connectivity index is 2.45. The van der Waals surface area contributed by atoms with Crippen molar-refractivity contribution in [2.24, 2.45) is 0 Å². The lowest BCUT2D eigenvalue weighted by molar-refractivity contribution is 0.419. The molecule has 0 radical (unpaired) electrons. The van der Waals surface area contributed by atoms with E-state index >= 15 is 0 Å². The van der Waals surface area contributed by atoms with Crippen LogP contribution in [0.25, 0.3) is 21.9 Å². The molecule has 0 unspecified atom stereocenters. The average Bonchev–Trinajstić information content (AvgIpc) is 2.92. The Morgan fingerprint density at radius 3 is 2.57 bits per heavy atom. The zero-order valence-electron chi connectivity index (χ0n) is 11.9. The maximum Gasteiger partial charge on any atom is 0.336 e. The van der Waals surface area contributed by atoms with Crippen molar-refractivity contribution in [2.75, 3.05) is 7.11 Å². The summed E-state index contributed by atoms with van der Waals surface area (Å²) in [7, 11) is 1.56. The fraction of sp³-hybridized carbons (Fsp3) is 0.188. The van der Waals surface area contributed by atoms with Crippen molar-refractivity contribution in [2.45, 2.75) is 13.8 Å². The summed E-state index contributed by atoms with van der Waals surface area (Å²) in [6.07, 6.45) is 3.12. The van der Waals surface area contributed by atoms with Crippen LogP contribution in [0.1, 0.15) is 13.8 Å². The predicted molar refractivity (Wildman–Crippen MR) is 78.9 cm³/mol. The van der Waals surface area contributed by atoms with Gasteiger partial charge in [-0.3, -0.25) is 0 Å². The van der Waals surface area contributed by atoms with E-state index in [4.69, 9.17) is 18.3 Å². The molecule has 5 nitrogen and oxygen atoms in total. The third-order valence-electron chi connectivity index (χ3n) is 3.02. The minimum Gasteiger partial charge on any atom is -0.495 e. The molecule has 2 heterocycles. The maximum absolute atomic E-state index is 11.5. The summed E-state index contributed by atoms with van der Waals surface area (Å²) >= 11 is 0. The Morgan fingerprint density at radius 1 is 1.10 bits per heavy atom. The van der Waals surface area contributed by atoms with Crippen LogP contribution in [-0.2, 0) is 0 Å². The maximum atomic E-state index is 11.5. The number of hydrogen-bond acceptors (Lipinski definition) is 5. The quantitative estimate of drug-likeness (QED) is 0.540. The highest BCUT2D eigenvalue weighted by Gasteiger charge is 2.20. The van der Waals surface area contributed by atoms with Gasteiger partial charge in [-0.2, -0.15) is 0 Å². The molecule has 0 bridgehead atoms. The molecule has 0 aliphatic carbocycles. The molecule has 108 valence electrons. The van der Waals surface area contributed by atoms with Crippen molar-refractivity contribution in [1.82, 2.24) is 0 Å². The molecule has 1 aromatic carbocycles. The lowest BCUT2D eigenvalue weighted by Crippen LogP contribution is -1.98. The van der Waals surface area contributed by atoms with Crippen LogP contribution in [-0.4, -0.2) is 7.11 Å². The number of rotatable bonds is 3. The molecule has 0 fully saturated rings. The van der Waals surface area contributed by atoms with Gasteiger partial charge in [0.25, 0.3) is 0 Å². The van der Waals surface area contributed by atoms with E-state index in [9.17, 15) is 4.79 Å². The standard InChI is InChI=1S/C16H14O5/c1-9(2)8-20-16-14-11(6-7-19-14)13(18-3)10-4-5-12(17)21-15(10)16/h4-8H,1-3H3. The molecule has 0 spiro atoms. The summed E-state index contributed by atoms with van der Waals surface area (Å²) in [5, 5.41) is 1.42. The first-order valence-electron chi connectivity index (χ1n) is 6.43. The van der Waals surface area contributed by atoms with E-state index in [1.807, 2.05) is 13.8 Å². The van der Waals surface area contributed by atoms with Gasteiger partial charge in [0.05, 0.1) is 30.4 Å². The lowest BCUT2D eigenvalue weighted by Gasteiger charge is -2.10. The van der Waals surface area contributed by atoms with Crippen molar-refractivity contribution in [3.8, 4) is 11.5 Å². The van der Waals surface area contributed by atoms with Gasteiger partial charge in [-0.1, -0.05) is 0 Å². The van der Waals surface area contributed by atoms with Crippen LogP contribution in [0.2, 0.25) is 0 Å². The average molecular weight is 286 g/mol. The van der Waals surface area contributed by atoms with Gasteiger partial charge in [0.2, 0.25) is 5.75 Å². The number of furan rings is 1. The zero-order chi connectivity index (χ0) is 15.0. The summed E-state index contributed by atoms with van der Waals surface area (Å²) in [6.45, 7) is 3.81. The third kappa shape index (κ3) is 2.16. The van der Waals surface area contributed by atoms with Crippen LogP contribution in [0.5, 0.6) is 11.5 Å². The highest BCUT2D eigenvalue weighted by molar-refractivity contribution is 6.06. The number of methoxy groups -OCH3 is 1. The Labute approximate surface area is 120 Å². The first kappa shape index (κ1) is 13.3. The first-order valence-corrected chi connectivity index (χ1v) is 6.43. The zero-order valence-corrected chi connectivity index (χ0v) is 11.9. The van der Waals surface area contributed by atoms with Gasteiger partial charge in [0, 0.05) is 6.07 Å². The van der Waals surface area contributed by atoms with E-state index in [-0.39, 0.29) is 0 Å². The highest BCUT2D eigenvalue weighted by Crippen LogP contribution is 2.42. The summed E-state index contributed by atoms with van der Waals surface area (Å²) < 4.78 is 21.9.